The Hall–Kier alpha value is -3.35. The second kappa shape index (κ2) is 8.56. The molecule has 4 rings (SSSR count). The molecule has 0 saturated carbocycles. The van der Waals surface area contributed by atoms with Crippen LogP contribution in [0.25, 0.3) is 0 Å². The zero-order chi connectivity index (χ0) is 19.2. The second-order valence-corrected chi connectivity index (χ2v) is 6.93. The number of hydrogen-bond acceptors (Lipinski definition) is 6. The van der Waals surface area contributed by atoms with E-state index in [0.717, 1.165) is 49.7 Å². The fourth-order valence-corrected chi connectivity index (χ4v) is 3.52. The van der Waals surface area contributed by atoms with E-state index in [2.05, 4.69) is 20.5 Å². The summed E-state index contributed by atoms with van der Waals surface area (Å²) in [5.41, 5.74) is 1.42. The number of carbonyl (C=O) groups excluding carboxylic acids is 1. The summed E-state index contributed by atoms with van der Waals surface area (Å²) in [5, 5.41) is 11.0. The molecule has 1 saturated heterocycles. The van der Waals surface area contributed by atoms with Gasteiger partial charge in [0, 0.05) is 31.2 Å². The van der Waals surface area contributed by atoms with Crippen molar-refractivity contribution >= 4 is 17.5 Å². The summed E-state index contributed by atoms with van der Waals surface area (Å²) >= 11 is 0. The van der Waals surface area contributed by atoms with E-state index in [4.69, 9.17) is 4.98 Å². The van der Waals surface area contributed by atoms with E-state index in [-0.39, 0.29) is 5.91 Å². The standard InChI is InChI=1S/C21H22N6O/c28-21(18-8-4-12-23-26-18)27-13-5-6-16(15-27)14-17-7-3-10-20(24-17)25-19-9-1-2-11-22-19/h1-4,7-12,16H,5-6,13-15H2,(H,22,24,25). The minimum absolute atomic E-state index is 0.0451. The van der Waals surface area contributed by atoms with Crippen LogP contribution in [0.5, 0.6) is 0 Å². The van der Waals surface area contributed by atoms with Crippen molar-refractivity contribution in [1.29, 1.82) is 0 Å². The Bertz CT molecular complexity index is 918. The molecule has 0 spiro atoms. The number of amides is 1. The van der Waals surface area contributed by atoms with E-state index in [9.17, 15) is 4.79 Å². The van der Waals surface area contributed by atoms with Crippen molar-refractivity contribution in [2.45, 2.75) is 19.3 Å². The van der Waals surface area contributed by atoms with E-state index in [1.54, 1.807) is 24.5 Å². The Morgan fingerprint density at radius 1 is 1.07 bits per heavy atom. The van der Waals surface area contributed by atoms with Gasteiger partial charge in [0.15, 0.2) is 5.69 Å². The highest BCUT2D eigenvalue weighted by atomic mass is 16.2. The molecule has 1 aliphatic heterocycles. The number of aromatic nitrogens is 4. The van der Waals surface area contributed by atoms with Gasteiger partial charge < -0.3 is 10.2 Å². The summed E-state index contributed by atoms with van der Waals surface area (Å²) in [7, 11) is 0. The van der Waals surface area contributed by atoms with Crippen molar-refractivity contribution < 1.29 is 4.79 Å². The lowest BCUT2D eigenvalue weighted by atomic mass is 9.93. The normalized spacial score (nSPS) is 16.6. The average Bonchev–Trinajstić information content (AvgIpc) is 2.75. The Morgan fingerprint density at radius 3 is 2.82 bits per heavy atom. The number of nitrogens with one attached hydrogen (secondary N) is 1. The molecule has 1 fully saturated rings. The molecule has 1 amide bonds. The third-order valence-corrected chi connectivity index (χ3v) is 4.82. The topological polar surface area (TPSA) is 83.9 Å². The molecular formula is C21H22N6O. The minimum Gasteiger partial charge on any atom is -0.337 e. The predicted octanol–water partition coefficient (Wildman–Crippen LogP) is 3.11. The molecule has 1 aliphatic rings. The number of hydrogen-bond donors (Lipinski definition) is 1. The van der Waals surface area contributed by atoms with Crippen molar-refractivity contribution in [2.24, 2.45) is 5.92 Å². The summed E-state index contributed by atoms with van der Waals surface area (Å²) in [6, 6.07) is 15.1. The monoisotopic (exact) mass is 374 g/mol. The first-order valence-electron chi connectivity index (χ1n) is 9.49. The molecule has 1 atom stereocenters. The van der Waals surface area contributed by atoms with Crippen molar-refractivity contribution in [3.8, 4) is 0 Å². The van der Waals surface area contributed by atoms with Crippen LogP contribution >= 0.6 is 0 Å². The molecule has 28 heavy (non-hydrogen) atoms. The Kier molecular flexibility index (Phi) is 5.51. The van der Waals surface area contributed by atoms with Gasteiger partial charge in [-0.05, 0) is 61.6 Å². The van der Waals surface area contributed by atoms with Gasteiger partial charge in [0.25, 0.3) is 5.91 Å². The summed E-state index contributed by atoms with van der Waals surface area (Å²) in [4.78, 5) is 23.5. The molecule has 3 aromatic heterocycles. The molecule has 142 valence electrons. The van der Waals surface area contributed by atoms with Crippen LogP contribution in [0.1, 0.15) is 29.0 Å². The van der Waals surface area contributed by atoms with Crippen LogP contribution in [-0.2, 0) is 6.42 Å². The number of rotatable bonds is 5. The third-order valence-electron chi connectivity index (χ3n) is 4.82. The lowest BCUT2D eigenvalue weighted by Crippen LogP contribution is -2.41. The molecule has 7 nitrogen and oxygen atoms in total. The van der Waals surface area contributed by atoms with E-state index < -0.39 is 0 Å². The van der Waals surface area contributed by atoms with Gasteiger partial charge in [-0.3, -0.25) is 4.79 Å². The molecule has 7 heteroatoms. The molecule has 4 heterocycles. The van der Waals surface area contributed by atoms with Crippen molar-refractivity contribution in [3.63, 3.8) is 0 Å². The second-order valence-electron chi connectivity index (χ2n) is 6.93. The zero-order valence-corrected chi connectivity index (χ0v) is 15.5. The third kappa shape index (κ3) is 4.49. The van der Waals surface area contributed by atoms with E-state index >= 15 is 0 Å². The van der Waals surface area contributed by atoms with E-state index in [1.165, 1.54) is 0 Å². The zero-order valence-electron chi connectivity index (χ0n) is 15.5. The van der Waals surface area contributed by atoms with Crippen LogP contribution in [0.4, 0.5) is 11.6 Å². The minimum atomic E-state index is -0.0451. The van der Waals surface area contributed by atoms with Crippen LogP contribution in [-0.4, -0.2) is 44.1 Å². The van der Waals surface area contributed by atoms with Crippen LogP contribution in [0.15, 0.2) is 60.9 Å². The largest absolute Gasteiger partial charge is 0.337 e. The highest BCUT2D eigenvalue weighted by Gasteiger charge is 2.25. The van der Waals surface area contributed by atoms with Gasteiger partial charge in [0.1, 0.15) is 11.6 Å². The van der Waals surface area contributed by atoms with Crippen molar-refractivity contribution in [1.82, 2.24) is 25.1 Å². The smallest absolute Gasteiger partial charge is 0.274 e. The Morgan fingerprint density at radius 2 is 2.00 bits per heavy atom. The maximum Gasteiger partial charge on any atom is 0.274 e. The quantitative estimate of drug-likeness (QED) is 0.739. The molecule has 0 aromatic carbocycles. The van der Waals surface area contributed by atoms with Gasteiger partial charge in [-0.1, -0.05) is 12.1 Å². The Balaban J connectivity index is 1.40. The van der Waals surface area contributed by atoms with Gasteiger partial charge in [-0.15, -0.1) is 5.10 Å². The van der Waals surface area contributed by atoms with Gasteiger partial charge >= 0.3 is 0 Å². The molecule has 0 bridgehead atoms. The molecule has 1 unspecified atom stereocenters. The lowest BCUT2D eigenvalue weighted by molar-refractivity contribution is 0.0665. The summed E-state index contributed by atoms with van der Waals surface area (Å²) in [5.74, 6) is 1.88. The van der Waals surface area contributed by atoms with Gasteiger partial charge in [-0.25, -0.2) is 9.97 Å². The number of carbonyl (C=O) groups is 1. The number of pyridine rings is 2. The number of likely N-dealkylation sites (tertiary alicyclic amines) is 1. The fourth-order valence-electron chi connectivity index (χ4n) is 3.52. The first-order chi connectivity index (χ1) is 13.8. The highest BCUT2D eigenvalue weighted by Crippen LogP contribution is 2.22. The van der Waals surface area contributed by atoms with Crippen molar-refractivity contribution in [3.05, 3.63) is 72.3 Å². The first kappa shape index (κ1) is 18.0. The molecule has 1 N–H and O–H groups in total. The molecule has 0 radical (unpaired) electrons. The number of piperidine rings is 1. The highest BCUT2D eigenvalue weighted by molar-refractivity contribution is 5.92. The average molecular weight is 374 g/mol. The van der Waals surface area contributed by atoms with Crippen molar-refractivity contribution in [2.75, 3.05) is 18.4 Å². The summed E-state index contributed by atoms with van der Waals surface area (Å²) < 4.78 is 0. The van der Waals surface area contributed by atoms with Crippen LogP contribution in [0, 0.1) is 5.92 Å². The fraction of sp³-hybridized carbons (Fsp3) is 0.286. The lowest BCUT2D eigenvalue weighted by Gasteiger charge is -2.32. The van der Waals surface area contributed by atoms with Crippen LogP contribution in [0.2, 0.25) is 0 Å². The maximum atomic E-state index is 12.6. The van der Waals surface area contributed by atoms with E-state index in [1.807, 2.05) is 41.3 Å². The first-order valence-corrected chi connectivity index (χ1v) is 9.49. The maximum absolute atomic E-state index is 12.6. The SMILES string of the molecule is O=C(c1cccnn1)N1CCCC(Cc2cccc(Nc3ccccn3)n2)C1. The van der Waals surface area contributed by atoms with Gasteiger partial charge in [0.05, 0.1) is 0 Å². The predicted molar refractivity (Wildman–Crippen MR) is 106 cm³/mol. The Labute approximate surface area is 163 Å². The number of anilines is 2. The van der Waals surface area contributed by atoms with Crippen LogP contribution in [0.3, 0.4) is 0 Å². The summed E-state index contributed by atoms with van der Waals surface area (Å²) in [6.45, 7) is 1.48. The van der Waals surface area contributed by atoms with E-state index in [0.29, 0.717) is 11.6 Å². The number of nitrogens with zero attached hydrogens (tertiary/aromatic N) is 5. The van der Waals surface area contributed by atoms with Gasteiger partial charge in [0.2, 0.25) is 0 Å². The summed E-state index contributed by atoms with van der Waals surface area (Å²) in [6.07, 6.45) is 6.23. The molecule has 3 aromatic rings. The van der Waals surface area contributed by atoms with Crippen LogP contribution < -0.4 is 5.32 Å². The van der Waals surface area contributed by atoms with Gasteiger partial charge in [-0.2, -0.15) is 5.10 Å². The molecule has 0 aliphatic carbocycles. The molecular weight excluding hydrogens is 352 g/mol.